The van der Waals surface area contributed by atoms with E-state index in [9.17, 15) is 4.79 Å². The molecule has 70 valence electrons. The maximum absolute atomic E-state index is 11.8. The molecule has 0 N–H and O–H groups in total. The maximum atomic E-state index is 11.8. The standard InChI is InChI=1S/C12H16O/c1-7-4-10-8-2-3-9(6-8)12(10)11(13)5-7/h2-3,7-10,12H,4-6H2,1H3/t7-,8-,9+,10-,12+/m1/s1. The zero-order chi connectivity index (χ0) is 9.00. The molecule has 0 aromatic heterocycles. The van der Waals surface area contributed by atoms with Crippen molar-refractivity contribution in [3.05, 3.63) is 12.2 Å². The summed E-state index contributed by atoms with van der Waals surface area (Å²) >= 11 is 0. The molecular weight excluding hydrogens is 160 g/mol. The highest BCUT2D eigenvalue weighted by Gasteiger charge is 2.50. The molecule has 2 saturated carbocycles. The first-order valence-electron chi connectivity index (χ1n) is 5.46. The van der Waals surface area contributed by atoms with Gasteiger partial charge < -0.3 is 0 Å². The summed E-state index contributed by atoms with van der Waals surface area (Å²) in [5.74, 6) is 3.70. The van der Waals surface area contributed by atoms with Crippen molar-refractivity contribution in [3.8, 4) is 0 Å². The van der Waals surface area contributed by atoms with Crippen molar-refractivity contribution >= 4 is 5.78 Å². The van der Waals surface area contributed by atoms with Gasteiger partial charge in [0.2, 0.25) is 0 Å². The first kappa shape index (κ1) is 7.78. The minimum atomic E-state index is 0.422. The van der Waals surface area contributed by atoms with Gasteiger partial charge in [0.1, 0.15) is 5.78 Å². The second-order valence-electron chi connectivity index (χ2n) is 5.15. The van der Waals surface area contributed by atoms with Crippen molar-refractivity contribution in [1.29, 1.82) is 0 Å². The number of hydrogen-bond donors (Lipinski definition) is 0. The zero-order valence-corrected chi connectivity index (χ0v) is 8.07. The van der Waals surface area contributed by atoms with Gasteiger partial charge in [0.15, 0.2) is 0 Å². The normalized spacial score (nSPS) is 52.7. The summed E-state index contributed by atoms with van der Waals surface area (Å²) in [6.07, 6.45) is 8.06. The fourth-order valence-electron chi connectivity index (χ4n) is 3.75. The summed E-state index contributed by atoms with van der Waals surface area (Å²) in [6.45, 7) is 2.23. The highest BCUT2D eigenvalue weighted by Crippen LogP contribution is 2.53. The van der Waals surface area contributed by atoms with Crippen LogP contribution in [0.4, 0.5) is 0 Å². The van der Waals surface area contributed by atoms with E-state index < -0.39 is 0 Å². The predicted octanol–water partition coefficient (Wildman–Crippen LogP) is 2.42. The molecule has 0 unspecified atom stereocenters. The summed E-state index contributed by atoms with van der Waals surface area (Å²) in [7, 11) is 0. The van der Waals surface area contributed by atoms with Crippen LogP contribution in [0.2, 0.25) is 0 Å². The second-order valence-corrected chi connectivity index (χ2v) is 5.15. The molecule has 0 saturated heterocycles. The Hall–Kier alpha value is -0.590. The van der Waals surface area contributed by atoms with E-state index in [1.165, 1.54) is 12.8 Å². The van der Waals surface area contributed by atoms with E-state index in [0.717, 1.165) is 12.3 Å². The largest absolute Gasteiger partial charge is 0.299 e. The maximum Gasteiger partial charge on any atom is 0.137 e. The van der Waals surface area contributed by atoms with Gasteiger partial charge in [-0.15, -0.1) is 0 Å². The Morgan fingerprint density at radius 3 is 2.85 bits per heavy atom. The van der Waals surface area contributed by atoms with E-state index >= 15 is 0 Å². The van der Waals surface area contributed by atoms with Gasteiger partial charge in [-0.3, -0.25) is 4.79 Å². The average Bonchev–Trinajstić information content (AvgIpc) is 2.62. The molecule has 0 aromatic rings. The minimum absolute atomic E-state index is 0.422. The van der Waals surface area contributed by atoms with Crippen LogP contribution in [0.15, 0.2) is 12.2 Å². The van der Waals surface area contributed by atoms with Gasteiger partial charge in [-0.25, -0.2) is 0 Å². The molecule has 5 atom stereocenters. The van der Waals surface area contributed by atoms with Crippen LogP contribution in [0.25, 0.3) is 0 Å². The summed E-state index contributed by atoms with van der Waals surface area (Å²) in [5, 5.41) is 0. The smallest absolute Gasteiger partial charge is 0.137 e. The Labute approximate surface area is 79.2 Å². The molecular formula is C12H16O. The number of allylic oxidation sites excluding steroid dienone is 2. The van der Waals surface area contributed by atoms with Gasteiger partial charge in [0, 0.05) is 12.3 Å². The van der Waals surface area contributed by atoms with Gasteiger partial charge in [0.05, 0.1) is 0 Å². The van der Waals surface area contributed by atoms with Crippen LogP contribution < -0.4 is 0 Å². The Morgan fingerprint density at radius 2 is 2.00 bits per heavy atom. The molecule has 2 bridgehead atoms. The third-order valence-corrected chi connectivity index (χ3v) is 4.22. The molecule has 3 aliphatic carbocycles. The molecule has 2 fully saturated rings. The highest BCUT2D eigenvalue weighted by atomic mass is 16.1. The number of hydrogen-bond acceptors (Lipinski definition) is 1. The van der Waals surface area contributed by atoms with Crippen molar-refractivity contribution in [3.63, 3.8) is 0 Å². The molecule has 1 heteroatoms. The third kappa shape index (κ3) is 0.962. The fourth-order valence-corrected chi connectivity index (χ4v) is 3.75. The monoisotopic (exact) mass is 176 g/mol. The van der Waals surface area contributed by atoms with E-state index in [-0.39, 0.29) is 0 Å². The predicted molar refractivity (Wildman–Crippen MR) is 51.1 cm³/mol. The van der Waals surface area contributed by atoms with Gasteiger partial charge >= 0.3 is 0 Å². The van der Waals surface area contributed by atoms with Crippen LogP contribution >= 0.6 is 0 Å². The fraction of sp³-hybridized carbons (Fsp3) is 0.750. The molecule has 0 aromatic carbocycles. The lowest BCUT2D eigenvalue weighted by atomic mass is 9.69. The van der Waals surface area contributed by atoms with Crippen molar-refractivity contribution in [2.24, 2.45) is 29.6 Å². The van der Waals surface area contributed by atoms with Crippen molar-refractivity contribution in [2.75, 3.05) is 0 Å². The van der Waals surface area contributed by atoms with Crippen LogP contribution in [0.5, 0.6) is 0 Å². The van der Waals surface area contributed by atoms with Crippen molar-refractivity contribution in [2.45, 2.75) is 26.2 Å². The second kappa shape index (κ2) is 2.46. The lowest BCUT2D eigenvalue weighted by molar-refractivity contribution is -0.128. The summed E-state index contributed by atoms with van der Waals surface area (Å²) in [4.78, 5) is 11.8. The molecule has 13 heavy (non-hydrogen) atoms. The van der Waals surface area contributed by atoms with Gasteiger partial charge in [-0.1, -0.05) is 19.1 Å². The van der Waals surface area contributed by atoms with Gasteiger partial charge in [0.25, 0.3) is 0 Å². The molecule has 3 rings (SSSR count). The highest BCUT2D eigenvalue weighted by molar-refractivity contribution is 5.83. The summed E-state index contributed by atoms with van der Waals surface area (Å²) in [5.41, 5.74) is 0. The summed E-state index contributed by atoms with van der Waals surface area (Å²) in [6, 6.07) is 0. The third-order valence-electron chi connectivity index (χ3n) is 4.22. The van der Waals surface area contributed by atoms with E-state index in [2.05, 4.69) is 19.1 Å². The van der Waals surface area contributed by atoms with E-state index in [1.54, 1.807) is 0 Å². The molecule has 0 radical (unpaired) electrons. The van der Waals surface area contributed by atoms with Crippen LogP contribution in [0, 0.1) is 29.6 Å². The van der Waals surface area contributed by atoms with Gasteiger partial charge in [-0.05, 0) is 36.5 Å². The topological polar surface area (TPSA) is 17.1 Å². The number of fused-ring (bicyclic) bond motifs is 5. The SMILES string of the molecule is C[C@H]1CC(=O)[C@@H]2[C@H](C1)[C@@H]1C=C[C@H]2C1. The first-order valence-corrected chi connectivity index (χ1v) is 5.46. The van der Waals surface area contributed by atoms with Crippen LogP contribution in [-0.2, 0) is 4.79 Å². The van der Waals surface area contributed by atoms with Gasteiger partial charge in [-0.2, -0.15) is 0 Å². The van der Waals surface area contributed by atoms with E-state index in [4.69, 9.17) is 0 Å². The molecule has 0 aliphatic heterocycles. The number of carbonyl (C=O) groups excluding carboxylic acids is 1. The van der Waals surface area contributed by atoms with E-state index in [0.29, 0.717) is 29.5 Å². The van der Waals surface area contributed by atoms with Crippen LogP contribution in [0.1, 0.15) is 26.2 Å². The molecule has 3 aliphatic rings. The molecule has 0 amide bonds. The Bertz CT molecular complexity index is 279. The number of Topliss-reactive ketones (excluding diaryl/α,β-unsaturated/α-hetero) is 1. The lowest BCUT2D eigenvalue weighted by Gasteiger charge is -2.34. The number of ketones is 1. The van der Waals surface area contributed by atoms with Crippen LogP contribution in [0.3, 0.4) is 0 Å². The lowest BCUT2D eigenvalue weighted by Crippen LogP contribution is -2.34. The van der Waals surface area contributed by atoms with E-state index in [1.807, 2.05) is 0 Å². The molecule has 0 heterocycles. The number of carbonyl (C=O) groups is 1. The van der Waals surface area contributed by atoms with Crippen molar-refractivity contribution < 1.29 is 4.79 Å². The molecule has 1 nitrogen and oxygen atoms in total. The Kier molecular flexibility index (Phi) is 1.47. The Balaban J connectivity index is 1.94. The van der Waals surface area contributed by atoms with Crippen molar-refractivity contribution in [1.82, 2.24) is 0 Å². The van der Waals surface area contributed by atoms with Crippen LogP contribution in [-0.4, -0.2) is 5.78 Å². The quantitative estimate of drug-likeness (QED) is 0.518. The summed E-state index contributed by atoms with van der Waals surface area (Å²) < 4.78 is 0. The Morgan fingerprint density at radius 1 is 1.23 bits per heavy atom. The first-order chi connectivity index (χ1) is 6.25. The number of rotatable bonds is 0. The average molecular weight is 176 g/mol. The molecule has 0 spiro atoms. The zero-order valence-electron chi connectivity index (χ0n) is 8.07. The minimum Gasteiger partial charge on any atom is -0.299 e.